The number of aliphatic carboxylic acids is 1. The summed E-state index contributed by atoms with van der Waals surface area (Å²) in [5.74, 6) is -0.946. The third kappa shape index (κ3) is 4.42. The molecule has 3 N–H and O–H groups in total. The first-order chi connectivity index (χ1) is 7.09. The number of thiophene rings is 1. The maximum absolute atomic E-state index is 10.5. The number of carboxylic acid groups (broad SMARTS) is 1. The molecule has 0 saturated heterocycles. The minimum atomic E-state index is -0.946. The highest BCUT2D eigenvalue weighted by molar-refractivity contribution is 7.09. The van der Waals surface area contributed by atoms with Crippen LogP contribution in [-0.4, -0.2) is 42.2 Å². The van der Waals surface area contributed by atoms with Crippen LogP contribution in [0.2, 0.25) is 0 Å². The third-order valence-corrected chi connectivity index (χ3v) is 3.08. The Morgan fingerprint density at radius 2 is 2.47 bits per heavy atom. The standard InChI is InChI=1S/C10H16N2O2S/c1-12(7-9(11)10(13)14)5-4-8-3-2-6-15-8/h2-3,6,9H,4-5,7,11H2,1H3,(H,13,14). The van der Waals surface area contributed by atoms with Crippen LogP contribution in [0.1, 0.15) is 4.88 Å². The third-order valence-electron chi connectivity index (χ3n) is 2.15. The molecule has 84 valence electrons. The Bertz CT molecular complexity index is 300. The average molecular weight is 228 g/mol. The van der Waals surface area contributed by atoms with Gasteiger partial charge in [-0.05, 0) is 24.9 Å². The summed E-state index contributed by atoms with van der Waals surface area (Å²) >= 11 is 1.72. The normalized spacial score (nSPS) is 13.0. The van der Waals surface area contributed by atoms with Crippen molar-refractivity contribution < 1.29 is 9.90 Å². The Morgan fingerprint density at radius 1 is 1.73 bits per heavy atom. The molecule has 0 saturated carbocycles. The zero-order valence-corrected chi connectivity index (χ0v) is 9.54. The van der Waals surface area contributed by atoms with Gasteiger partial charge in [0.15, 0.2) is 0 Å². The number of rotatable bonds is 6. The van der Waals surface area contributed by atoms with Crippen molar-refractivity contribution in [3.05, 3.63) is 22.4 Å². The van der Waals surface area contributed by atoms with Crippen LogP contribution in [0.3, 0.4) is 0 Å². The van der Waals surface area contributed by atoms with Gasteiger partial charge in [0.25, 0.3) is 0 Å². The van der Waals surface area contributed by atoms with Crippen molar-refractivity contribution in [2.75, 3.05) is 20.1 Å². The Hall–Kier alpha value is -0.910. The zero-order valence-electron chi connectivity index (χ0n) is 8.72. The topological polar surface area (TPSA) is 66.6 Å². The fraction of sp³-hybridized carbons (Fsp3) is 0.500. The Labute approximate surface area is 93.3 Å². The van der Waals surface area contributed by atoms with Crippen molar-refractivity contribution in [3.63, 3.8) is 0 Å². The van der Waals surface area contributed by atoms with Crippen LogP contribution >= 0.6 is 11.3 Å². The number of hydrogen-bond acceptors (Lipinski definition) is 4. The minimum absolute atomic E-state index is 0.390. The van der Waals surface area contributed by atoms with E-state index in [0.29, 0.717) is 6.54 Å². The van der Waals surface area contributed by atoms with Crippen LogP contribution in [0, 0.1) is 0 Å². The van der Waals surface area contributed by atoms with Gasteiger partial charge >= 0.3 is 5.97 Å². The predicted molar refractivity (Wildman–Crippen MR) is 61.1 cm³/mol. The second kappa shape index (κ2) is 5.85. The summed E-state index contributed by atoms with van der Waals surface area (Å²) in [5.41, 5.74) is 5.43. The molecule has 0 fully saturated rings. The molecule has 1 atom stereocenters. The molecule has 15 heavy (non-hydrogen) atoms. The minimum Gasteiger partial charge on any atom is -0.480 e. The molecular formula is C10H16N2O2S. The Kier molecular flexibility index (Phi) is 4.74. The molecule has 0 aliphatic carbocycles. The van der Waals surface area contributed by atoms with Crippen LogP contribution in [-0.2, 0) is 11.2 Å². The van der Waals surface area contributed by atoms with E-state index in [-0.39, 0.29) is 0 Å². The van der Waals surface area contributed by atoms with Crippen LogP contribution in [0.5, 0.6) is 0 Å². The number of carbonyl (C=O) groups is 1. The van der Waals surface area contributed by atoms with Crippen molar-refractivity contribution in [3.8, 4) is 0 Å². The number of nitrogens with zero attached hydrogens (tertiary/aromatic N) is 1. The van der Waals surface area contributed by atoms with Crippen LogP contribution in [0.15, 0.2) is 17.5 Å². The molecule has 1 aromatic heterocycles. The van der Waals surface area contributed by atoms with Gasteiger partial charge in [-0.3, -0.25) is 4.79 Å². The molecule has 0 aliphatic heterocycles. The first-order valence-corrected chi connectivity index (χ1v) is 5.67. The molecular weight excluding hydrogens is 212 g/mol. The summed E-state index contributed by atoms with van der Waals surface area (Å²) in [6.07, 6.45) is 0.945. The first-order valence-electron chi connectivity index (χ1n) is 4.79. The molecule has 0 amide bonds. The molecule has 0 aliphatic rings. The molecule has 1 aromatic rings. The van der Waals surface area contributed by atoms with Gasteiger partial charge in [-0.1, -0.05) is 6.07 Å². The lowest BCUT2D eigenvalue weighted by Gasteiger charge is -2.18. The highest BCUT2D eigenvalue weighted by Gasteiger charge is 2.13. The molecule has 0 radical (unpaired) electrons. The lowest BCUT2D eigenvalue weighted by molar-refractivity contribution is -0.138. The summed E-state index contributed by atoms with van der Waals surface area (Å²) < 4.78 is 0. The van der Waals surface area contributed by atoms with Gasteiger partial charge in [0, 0.05) is 18.0 Å². The number of nitrogens with two attached hydrogens (primary N) is 1. The van der Waals surface area contributed by atoms with E-state index >= 15 is 0 Å². The van der Waals surface area contributed by atoms with Gasteiger partial charge in [-0.2, -0.15) is 0 Å². The van der Waals surface area contributed by atoms with Crippen LogP contribution in [0.25, 0.3) is 0 Å². The van der Waals surface area contributed by atoms with Crippen molar-refractivity contribution in [2.45, 2.75) is 12.5 Å². The maximum Gasteiger partial charge on any atom is 0.321 e. The number of likely N-dealkylation sites (N-methyl/N-ethyl adjacent to an activating group) is 1. The lowest BCUT2D eigenvalue weighted by Crippen LogP contribution is -2.41. The van der Waals surface area contributed by atoms with E-state index < -0.39 is 12.0 Å². The van der Waals surface area contributed by atoms with E-state index in [9.17, 15) is 4.79 Å². The van der Waals surface area contributed by atoms with Gasteiger partial charge in [-0.15, -0.1) is 11.3 Å². The quantitative estimate of drug-likeness (QED) is 0.749. The van der Waals surface area contributed by atoms with E-state index in [4.69, 9.17) is 10.8 Å². The lowest BCUT2D eigenvalue weighted by atomic mass is 10.2. The van der Waals surface area contributed by atoms with E-state index in [1.54, 1.807) is 11.3 Å². The van der Waals surface area contributed by atoms with E-state index in [1.165, 1.54) is 4.88 Å². The van der Waals surface area contributed by atoms with Crippen molar-refractivity contribution in [1.29, 1.82) is 0 Å². The SMILES string of the molecule is CN(CCc1cccs1)CC(N)C(=O)O. The maximum atomic E-state index is 10.5. The molecule has 0 bridgehead atoms. The largest absolute Gasteiger partial charge is 0.480 e. The predicted octanol–water partition coefficient (Wildman–Crippen LogP) is 0.634. The van der Waals surface area contributed by atoms with Crippen LogP contribution in [0.4, 0.5) is 0 Å². The van der Waals surface area contributed by atoms with E-state index in [2.05, 4.69) is 6.07 Å². The van der Waals surface area contributed by atoms with Crippen molar-refractivity contribution >= 4 is 17.3 Å². The van der Waals surface area contributed by atoms with Crippen molar-refractivity contribution in [2.24, 2.45) is 5.73 Å². The highest BCUT2D eigenvalue weighted by Crippen LogP contribution is 2.09. The second-order valence-corrected chi connectivity index (χ2v) is 4.57. The molecule has 1 rings (SSSR count). The number of hydrogen-bond donors (Lipinski definition) is 2. The second-order valence-electron chi connectivity index (χ2n) is 3.54. The van der Waals surface area contributed by atoms with Gasteiger partial charge in [0.2, 0.25) is 0 Å². The summed E-state index contributed by atoms with van der Waals surface area (Å²) in [5, 5.41) is 10.7. The van der Waals surface area contributed by atoms with Crippen LogP contribution < -0.4 is 5.73 Å². The molecule has 5 heteroatoms. The molecule has 1 unspecified atom stereocenters. The molecule has 0 aromatic carbocycles. The Balaban J connectivity index is 2.24. The van der Waals surface area contributed by atoms with E-state index in [1.807, 2.05) is 23.4 Å². The first kappa shape index (κ1) is 12.2. The number of carboxylic acids is 1. The highest BCUT2D eigenvalue weighted by atomic mass is 32.1. The van der Waals surface area contributed by atoms with Gasteiger partial charge in [0.1, 0.15) is 6.04 Å². The molecule has 1 heterocycles. The smallest absolute Gasteiger partial charge is 0.321 e. The van der Waals surface area contributed by atoms with E-state index in [0.717, 1.165) is 13.0 Å². The average Bonchev–Trinajstić information content (AvgIpc) is 2.66. The molecule has 0 spiro atoms. The fourth-order valence-electron chi connectivity index (χ4n) is 1.26. The van der Waals surface area contributed by atoms with Gasteiger partial charge in [-0.25, -0.2) is 0 Å². The Morgan fingerprint density at radius 3 is 3.00 bits per heavy atom. The fourth-order valence-corrected chi connectivity index (χ4v) is 1.96. The van der Waals surface area contributed by atoms with Gasteiger partial charge in [0.05, 0.1) is 0 Å². The monoisotopic (exact) mass is 228 g/mol. The van der Waals surface area contributed by atoms with Crippen molar-refractivity contribution in [1.82, 2.24) is 4.90 Å². The summed E-state index contributed by atoms with van der Waals surface area (Å²) in [4.78, 5) is 13.8. The molecule has 4 nitrogen and oxygen atoms in total. The summed E-state index contributed by atoms with van der Waals surface area (Å²) in [6, 6.07) is 3.30. The summed E-state index contributed by atoms with van der Waals surface area (Å²) in [6.45, 7) is 1.22. The zero-order chi connectivity index (χ0) is 11.3. The summed E-state index contributed by atoms with van der Waals surface area (Å²) in [7, 11) is 1.89. The van der Waals surface area contributed by atoms with Gasteiger partial charge < -0.3 is 15.7 Å².